The van der Waals surface area contributed by atoms with Crippen LogP contribution in [0.1, 0.15) is 61.6 Å². The van der Waals surface area contributed by atoms with E-state index in [1.807, 2.05) is 38.1 Å². The highest BCUT2D eigenvalue weighted by Gasteiger charge is 2.29. The first-order valence-corrected chi connectivity index (χ1v) is 12.2. The van der Waals surface area contributed by atoms with Gasteiger partial charge in [0.05, 0.1) is 30.1 Å². The van der Waals surface area contributed by atoms with E-state index in [1.165, 1.54) is 19.2 Å². The maximum atomic E-state index is 13.5. The van der Waals surface area contributed by atoms with Crippen LogP contribution in [0.5, 0.6) is 17.2 Å². The predicted octanol–water partition coefficient (Wildman–Crippen LogP) is 4.67. The maximum Gasteiger partial charge on any atom is 0.227 e. The lowest BCUT2D eigenvalue weighted by Gasteiger charge is -2.24. The molecule has 4 rings (SSSR count). The van der Waals surface area contributed by atoms with Crippen molar-refractivity contribution in [3.05, 3.63) is 81.7 Å². The number of phenols is 1. The van der Waals surface area contributed by atoms with Crippen LogP contribution >= 0.6 is 0 Å². The van der Waals surface area contributed by atoms with E-state index in [0.717, 1.165) is 17.5 Å². The number of aromatic nitrogens is 2. The lowest BCUT2D eigenvalue weighted by atomic mass is 9.90. The van der Waals surface area contributed by atoms with Crippen LogP contribution < -0.4 is 15.5 Å². The van der Waals surface area contributed by atoms with Crippen molar-refractivity contribution < 1.29 is 24.2 Å². The van der Waals surface area contributed by atoms with Crippen molar-refractivity contribution in [3.63, 3.8) is 0 Å². The smallest absolute Gasteiger partial charge is 0.227 e. The molecule has 2 heterocycles. The molecular weight excluding hydrogens is 474 g/mol. The number of rotatable bonds is 9. The fourth-order valence-corrected chi connectivity index (χ4v) is 4.39. The van der Waals surface area contributed by atoms with Crippen LogP contribution in [0.15, 0.2) is 57.7 Å². The number of nitrogens with zero attached hydrogens (tertiary/aromatic N) is 1. The maximum absolute atomic E-state index is 13.5. The minimum Gasteiger partial charge on any atom is -0.504 e. The number of ether oxygens (including phenoxy) is 1. The first-order chi connectivity index (χ1) is 17.7. The number of carbonyl (C=O) groups is 1. The van der Waals surface area contributed by atoms with E-state index >= 15 is 0 Å². The number of nitrogens with one attached hydrogen (secondary N) is 2. The number of hydrogen-bond donors (Lipinski definition) is 4. The number of aromatic hydroxyl groups is 2. The topological polar surface area (TPSA) is 138 Å². The minimum absolute atomic E-state index is 0.0308. The summed E-state index contributed by atoms with van der Waals surface area (Å²) in [6.07, 6.45) is 0.662. The average Bonchev–Trinajstić information content (AvgIpc) is 3.32. The van der Waals surface area contributed by atoms with Gasteiger partial charge in [0, 0.05) is 12.5 Å². The second kappa shape index (κ2) is 10.8. The molecule has 9 heteroatoms. The van der Waals surface area contributed by atoms with E-state index in [1.54, 1.807) is 19.1 Å². The van der Waals surface area contributed by atoms with E-state index in [-0.39, 0.29) is 35.5 Å². The first kappa shape index (κ1) is 25.8. The molecule has 3 atom stereocenters. The Kier molecular flexibility index (Phi) is 7.52. The molecule has 0 bridgehead atoms. The van der Waals surface area contributed by atoms with E-state index in [0.29, 0.717) is 17.1 Å². The number of aromatic amines is 1. The molecule has 0 radical (unpaired) electrons. The second-order valence-electron chi connectivity index (χ2n) is 9.19. The van der Waals surface area contributed by atoms with Crippen molar-refractivity contribution in [2.45, 2.75) is 45.6 Å². The van der Waals surface area contributed by atoms with E-state index in [2.05, 4.69) is 15.3 Å². The van der Waals surface area contributed by atoms with Crippen molar-refractivity contribution in [2.24, 2.45) is 5.92 Å². The SMILES string of the molecule is CC[C@H](C)[C@H](NC(=O)C[C@H](c1ccc(O)c(OC)c1)c1oc(C)cc(=O)c1O)c1nc2ccccc2[nH]1. The number of amides is 1. The third-order valence-electron chi connectivity index (χ3n) is 6.62. The summed E-state index contributed by atoms with van der Waals surface area (Å²) in [7, 11) is 1.41. The quantitative estimate of drug-likeness (QED) is 0.259. The van der Waals surface area contributed by atoms with Gasteiger partial charge >= 0.3 is 0 Å². The van der Waals surface area contributed by atoms with Gasteiger partial charge in [0.25, 0.3) is 0 Å². The Hall–Kier alpha value is -4.27. The van der Waals surface area contributed by atoms with Gasteiger partial charge in [0.2, 0.25) is 17.1 Å². The molecule has 0 fully saturated rings. The molecule has 0 unspecified atom stereocenters. The van der Waals surface area contributed by atoms with Crippen LogP contribution in [0, 0.1) is 12.8 Å². The molecule has 2 aromatic carbocycles. The number of phenolic OH excluding ortho intramolecular Hbond substituents is 1. The Morgan fingerprint density at radius 3 is 2.65 bits per heavy atom. The third-order valence-corrected chi connectivity index (χ3v) is 6.62. The van der Waals surface area contributed by atoms with Gasteiger partial charge in [-0.3, -0.25) is 9.59 Å². The molecular formula is C28H31N3O6. The molecule has 0 aliphatic carbocycles. The fraction of sp³-hybridized carbons (Fsp3) is 0.321. The van der Waals surface area contributed by atoms with Crippen molar-refractivity contribution in [1.29, 1.82) is 0 Å². The summed E-state index contributed by atoms with van der Waals surface area (Å²) in [6.45, 7) is 5.67. The summed E-state index contributed by atoms with van der Waals surface area (Å²) in [4.78, 5) is 33.8. The van der Waals surface area contributed by atoms with E-state index < -0.39 is 23.1 Å². The summed E-state index contributed by atoms with van der Waals surface area (Å²) in [6, 6.07) is 13.0. The Labute approximate surface area is 214 Å². The Morgan fingerprint density at radius 1 is 1.19 bits per heavy atom. The Bertz CT molecular complexity index is 1440. The molecule has 194 valence electrons. The van der Waals surface area contributed by atoms with Gasteiger partial charge in [0.15, 0.2) is 17.3 Å². The molecule has 1 amide bonds. The van der Waals surface area contributed by atoms with Gasteiger partial charge in [-0.25, -0.2) is 4.98 Å². The highest BCUT2D eigenvalue weighted by molar-refractivity contribution is 5.79. The van der Waals surface area contributed by atoms with Crippen LogP contribution in [0.3, 0.4) is 0 Å². The number of imidazole rings is 1. The fourth-order valence-electron chi connectivity index (χ4n) is 4.39. The molecule has 9 nitrogen and oxygen atoms in total. The third kappa shape index (κ3) is 5.45. The zero-order valence-corrected chi connectivity index (χ0v) is 21.2. The number of fused-ring (bicyclic) bond motifs is 1. The average molecular weight is 506 g/mol. The molecule has 0 aliphatic rings. The predicted molar refractivity (Wildman–Crippen MR) is 139 cm³/mol. The lowest BCUT2D eigenvalue weighted by Crippen LogP contribution is -2.34. The number of para-hydroxylation sites is 2. The van der Waals surface area contributed by atoms with Gasteiger partial charge in [0.1, 0.15) is 11.6 Å². The monoisotopic (exact) mass is 505 g/mol. The summed E-state index contributed by atoms with van der Waals surface area (Å²) in [5, 5.41) is 23.7. The zero-order valence-electron chi connectivity index (χ0n) is 21.2. The van der Waals surface area contributed by atoms with Crippen LogP contribution in [0.25, 0.3) is 11.0 Å². The lowest BCUT2D eigenvalue weighted by molar-refractivity contribution is -0.122. The summed E-state index contributed by atoms with van der Waals surface area (Å²) >= 11 is 0. The van der Waals surface area contributed by atoms with Gasteiger partial charge in [-0.05, 0) is 42.7 Å². The summed E-state index contributed by atoms with van der Waals surface area (Å²) < 4.78 is 11.0. The second-order valence-corrected chi connectivity index (χ2v) is 9.19. The Morgan fingerprint density at radius 2 is 1.95 bits per heavy atom. The number of benzene rings is 2. The van der Waals surface area contributed by atoms with E-state index in [4.69, 9.17) is 9.15 Å². The molecule has 2 aromatic heterocycles. The molecule has 37 heavy (non-hydrogen) atoms. The molecule has 4 aromatic rings. The summed E-state index contributed by atoms with van der Waals surface area (Å²) in [5.74, 6) is -0.611. The van der Waals surface area contributed by atoms with Crippen molar-refractivity contribution >= 4 is 16.9 Å². The zero-order chi connectivity index (χ0) is 26.7. The van der Waals surface area contributed by atoms with Gasteiger partial charge in [-0.2, -0.15) is 0 Å². The van der Waals surface area contributed by atoms with Crippen LogP contribution in [0.2, 0.25) is 0 Å². The van der Waals surface area contributed by atoms with Crippen LogP contribution in [0.4, 0.5) is 0 Å². The highest BCUT2D eigenvalue weighted by atomic mass is 16.5. The number of H-pyrrole nitrogens is 1. The standard InChI is InChI=1S/C28H31N3O6/c1-5-15(2)25(28-29-19-8-6-7-9-20(19)30-28)31-24(34)14-18(17-10-11-21(32)23(13-17)36-4)27-26(35)22(33)12-16(3)37-27/h6-13,15,18,25,32,35H,5,14H2,1-4H3,(H,29,30)(H,31,34)/t15-,18+,25-/m0/s1. The van der Waals surface area contributed by atoms with Gasteiger partial charge in [-0.1, -0.05) is 38.5 Å². The van der Waals surface area contributed by atoms with E-state index in [9.17, 15) is 19.8 Å². The minimum atomic E-state index is -0.824. The van der Waals surface area contributed by atoms with Gasteiger partial charge < -0.3 is 29.7 Å². The number of carbonyl (C=O) groups excluding carboxylic acids is 1. The van der Waals surface area contributed by atoms with Gasteiger partial charge in [-0.15, -0.1) is 0 Å². The molecule has 0 spiro atoms. The molecule has 0 saturated heterocycles. The number of methoxy groups -OCH3 is 1. The molecule has 0 saturated carbocycles. The number of aryl methyl sites for hydroxylation is 1. The molecule has 0 aliphatic heterocycles. The Balaban J connectivity index is 1.70. The first-order valence-electron chi connectivity index (χ1n) is 12.2. The molecule has 4 N–H and O–H groups in total. The van der Waals surface area contributed by atoms with Crippen LogP contribution in [-0.4, -0.2) is 33.2 Å². The van der Waals surface area contributed by atoms with Crippen molar-refractivity contribution in [1.82, 2.24) is 15.3 Å². The van der Waals surface area contributed by atoms with Crippen LogP contribution in [-0.2, 0) is 4.79 Å². The normalized spacial score (nSPS) is 13.7. The van der Waals surface area contributed by atoms with Crippen molar-refractivity contribution in [2.75, 3.05) is 7.11 Å². The largest absolute Gasteiger partial charge is 0.504 e. The van der Waals surface area contributed by atoms with Crippen molar-refractivity contribution in [3.8, 4) is 17.2 Å². The highest BCUT2D eigenvalue weighted by Crippen LogP contribution is 2.37. The number of hydrogen-bond acceptors (Lipinski definition) is 7. The summed E-state index contributed by atoms with van der Waals surface area (Å²) in [5.41, 5.74) is 1.61.